The first-order valence-electron chi connectivity index (χ1n) is 5.30. The molecule has 0 radical (unpaired) electrons. The maximum Gasteiger partial charge on any atom is 0.0669 e. The first kappa shape index (κ1) is 10.2. The number of rotatable bonds is 2. The van der Waals surface area contributed by atoms with E-state index in [2.05, 4.69) is 28.8 Å². The van der Waals surface area contributed by atoms with Crippen molar-refractivity contribution in [2.45, 2.75) is 12.5 Å². The van der Waals surface area contributed by atoms with Crippen molar-refractivity contribution < 1.29 is 0 Å². The monoisotopic (exact) mass is 201 g/mol. The summed E-state index contributed by atoms with van der Waals surface area (Å²) in [6.45, 7) is 3.01. The van der Waals surface area contributed by atoms with Crippen LogP contribution in [0.15, 0.2) is 24.3 Å². The highest BCUT2D eigenvalue weighted by Gasteiger charge is 2.13. The van der Waals surface area contributed by atoms with Gasteiger partial charge in [-0.25, -0.2) is 0 Å². The van der Waals surface area contributed by atoms with Crippen LogP contribution in [0.2, 0.25) is 0 Å². The first-order valence-corrected chi connectivity index (χ1v) is 5.30. The van der Waals surface area contributed by atoms with Gasteiger partial charge in [0.1, 0.15) is 0 Å². The Hall–Kier alpha value is -1.37. The zero-order valence-electron chi connectivity index (χ0n) is 8.66. The van der Waals surface area contributed by atoms with Crippen molar-refractivity contribution >= 4 is 0 Å². The summed E-state index contributed by atoms with van der Waals surface area (Å²) in [6, 6.07) is 10.8. The second kappa shape index (κ2) is 4.92. The van der Waals surface area contributed by atoms with Gasteiger partial charge in [0.25, 0.3) is 0 Å². The van der Waals surface area contributed by atoms with Gasteiger partial charge in [-0.2, -0.15) is 5.26 Å². The molecule has 0 amide bonds. The van der Waals surface area contributed by atoms with Crippen LogP contribution < -0.4 is 10.6 Å². The molecule has 0 aromatic heterocycles. The molecule has 0 aliphatic carbocycles. The minimum Gasteiger partial charge on any atom is -0.314 e. The smallest absolute Gasteiger partial charge is 0.0669 e. The van der Waals surface area contributed by atoms with Crippen molar-refractivity contribution in [2.24, 2.45) is 0 Å². The summed E-state index contributed by atoms with van der Waals surface area (Å²) >= 11 is 0. The number of nitriles is 1. The summed E-state index contributed by atoms with van der Waals surface area (Å²) < 4.78 is 0. The van der Waals surface area contributed by atoms with E-state index in [0.717, 1.165) is 25.2 Å². The average molecular weight is 201 g/mol. The largest absolute Gasteiger partial charge is 0.314 e. The predicted molar refractivity (Wildman–Crippen MR) is 59.4 cm³/mol. The van der Waals surface area contributed by atoms with Crippen LogP contribution in [0.4, 0.5) is 0 Å². The van der Waals surface area contributed by atoms with Crippen LogP contribution >= 0.6 is 0 Å². The maximum atomic E-state index is 8.64. The van der Waals surface area contributed by atoms with Gasteiger partial charge in [-0.1, -0.05) is 24.3 Å². The molecule has 1 heterocycles. The molecular weight excluding hydrogens is 186 g/mol. The van der Waals surface area contributed by atoms with Crippen molar-refractivity contribution in [3.8, 4) is 6.07 Å². The van der Waals surface area contributed by atoms with Crippen LogP contribution in [0.3, 0.4) is 0 Å². The Morgan fingerprint density at radius 3 is 3.07 bits per heavy atom. The van der Waals surface area contributed by atoms with Gasteiger partial charge >= 0.3 is 0 Å². The number of hydrogen-bond acceptors (Lipinski definition) is 3. The zero-order valence-corrected chi connectivity index (χ0v) is 8.66. The summed E-state index contributed by atoms with van der Waals surface area (Å²) in [6.07, 6.45) is 0.494. The molecule has 1 fully saturated rings. The molecule has 1 aromatic carbocycles. The van der Waals surface area contributed by atoms with Gasteiger partial charge < -0.3 is 10.6 Å². The normalized spacial score (nSPS) is 20.9. The fourth-order valence-corrected chi connectivity index (χ4v) is 1.90. The minimum absolute atomic E-state index is 0.386. The molecule has 1 atom stereocenters. The Labute approximate surface area is 90.1 Å². The molecule has 0 saturated carbocycles. The van der Waals surface area contributed by atoms with E-state index in [9.17, 15) is 0 Å². The molecule has 2 N–H and O–H groups in total. The Morgan fingerprint density at radius 2 is 2.33 bits per heavy atom. The summed E-state index contributed by atoms with van der Waals surface area (Å²) in [4.78, 5) is 0. The fraction of sp³-hybridized carbons (Fsp3) is 0.417. The Morgan fingerprint density at radius 1 is 1.40 bits per heavy atom. The van der Waals surface area contributed by atoms with Crippen LogP contribution in [-0.2, 0) is 6.42 Å². The highest BCUT2D eigenvalue weighted by atomic mass is 15.1. The molecule has 1 unspecified atom stereocenters. The van der Waals surface area contributed by atoms with E-state index >= 15 is 0 Å². The van der Waals surface area contributed by atoms with Crippen molar-refractivity contribution in [2.75, 3.05) is 19.6 Å². The fourth-order valence-electron chi connectivity index (χ4n) is 1.90. The number of nitrogens with zero attached hydrogens (tertiary/aromatic N) is 1. The lowest BCUT2D eigenvalue weighted by molar-refractivity contribution is 0.430. The third-order valence-corrected chi connectivity index (χ3v) is 2.68. The van der Waals surface area contributed by atoms with Gasteiger partial charge in [0.2, 0.25) is 0 Å². The lowest BCUT2D eigenvalue weighted by atomic mass is 10.0. The summed E-state index contributed by atoms with van der Waals surface area (Å²) in [7, 11) is 0. The Balaban J connectivity index is 2.13. The van der Waals surface area contributed by atoms with Gasteiger partial charge in [0.15, 0.2) is 0 Å². The van der Waals surface area contributed by atoms with Crippen LogP contribution in [-0.4, -0.2) is 19.6 Å². The minimum atomic E-state index is 0.386. The number of piperazine rings is 1. The standard InChI is InChI=1S/C12H15N3/c13-5-4-10-2-1-3-11(8-10)12-9-14-6-7-15-12/h1-3,8,12,14-15H,4,6-7,9H2. The van der Waals surface area contributed by atoms with E-state index in [1.165, 1.54) is 5.56 Å². The topological polar surface area (TPSA) is 47.9 Å². The van der Waals surface area contributed by atoms with Gasteiger partial charge in [-0.15, -0.1) is 0 Å². The second-order valence-corrected chi connectivity index (χ2v) is 3.79. The maximum absolute atomic E-state index is 8.64. The van der Waals surface area contributed by atoms with E-state index < -0.39 is 0 Å². The molecule has 1 aliphatic rings. The summed E-state index contributed by atoms with van der Waals surface area (Å²) in [5, 5.41) is 15.5. The van der Waals surface area contributed by atoms with Crippen LogP contribution in [0.1, 0.15) is 17.2 Å². The third-order valence-electron chi connectivity index (χ3n) is 2.68. The number of benzene rings is 1. The molecule has 1 saturated heterocycles. The van der Waals surface area contributed by atoms with Gasteiger partial charge in [0, 0.05) is 25.7 Å². The Kier molecular flexibility index (Phi) is 3.33. The van der Waals surface area contributed by atoms with E-state index in [-0.39, 0.29) is 0 Å². The molecule has 3 heteroatoms. The van der Waals surface area contributed by atoms with Crippen molar-refractivity contribution in [3.05, 3.63) is 35.4 Å². The molecule has 0 spiro atoms. The molecule has 0 bridgehead atoms. The van der Waals surface area contributed by atoms with Gasteiger partial charge in [-0.3, -0.25) is 0 Å². The highest BCUT2D eigenvalue weighted by molar-refractivity contribution is 5.28. The molecule has 1 aliphatic heterocycles. The molecule has 15 heavy (non-hydrogen) atoms. The lowest BCUT2D eigenvalue weighted by Crippen LogP contribution is -2.42. The number of nitrogens with one attached hydrogen (secondary N) is 2. The van der Waals surface area contributed by atoms with Crippen LogP contribution in [0.25, 0.3) is 0 Å². The molecule has 78 valence electrons. The quantitative estimate of drug-likeness (QED) is 0.750. The van der Waals surface area contributed by atoms with E-state index in [1.807, 2.05) is 12.1 Å². The molecule has 2 rings (SSSR count). The Bertz CT molecular complexity index is 361. The number of hydrogen-bond donors (Lipinski definition) is 2. The summed E-state index contributed by atoms with van der Waals surface area (Å²) in [5.74, 6) is 0. The van der Waals surface area contributed by atoms with Gasteiger partial charge in [-0.05, 0) is 11.1 Å². The van der Waals surface area contributed by atoms with E-state index in [1.54, 1.807) is 0 Å². The highest BCUT2D eigenvalue weighted by Crippen LogP contribution is 2.15. The molecule has 1 aromatic rings. The first-order chi connectivity index (χ1) is 7.40. The third kappa shape index (κ3) is 2.56. The second-order valence-electron chi connectivity index (χ2n) is 3.79. The van der Waals surface area contributed by atoms with Crippen molar-refractivity contribution in [3.63, 3.8) is 0 Å². The lowest BCUT2D eigenvalue weighted by Gasteiger charge is -2.25. The summed E-state index contributed by atoms with van der Waals surface area (Å²) in [5.41, 5.74) is 2.37. The van der Waals surface area contributed by atoms with Crippen molar-refractivity contribution in [1.29, 1.82) is 5.26 Å². The van der Waals surface area contributed by atoms with E-state index in [0.29, 0.717) is 12.5 Å². The van der Waals surface area contributed by atoms with Crippen LogP contribution in [0, 0.1) is 11.3 Å². The SMILES string of the molecule is N#CCc1cccc(C2CNCCN2)c1. The molecule has 3 nitrogen and oxygen atoms in total. The zero-order chi connectivity index (χ0) is 10.5. The van der Waals surface area contributed by atoms with Crippen molar-refractivity contribution in [1.82, 2.24) is 10.6 Å². The predicted octanol–water partition coefficient (Wildman–Crippen LogP) is 0.987. The van der Waals surface area contributed by atoms with E-state index in [4.69, 9.17) is 5.26 Å². The van der Waals surface area contributed by atoms with Gasteiger partial charge in [0.05, 0.1) is 12.5 Å². The average Bonchev–Trinajstić information content (AvgIpc) is 2.31. The van der Waals surface area contributed by atoms with Crippen LogP contribution in [0.5, 0.6) is 0 Å². The molecular formula is C12H15N3.